The molecule has 0 bridgehead atoms. The number of hydrogen-bond donors (Lipinski definition) is 0. The van der Waals surface area contributed by atoms with Crippen LogP contribution >= 0.6 is 0 Å². The molecule has 0 saturated heterocycles. The van der Waals surface area contributed by atoms with E-state index >= 15 is 0 Å². The molecule has 280 valence electrons. The first kappa shape index (κ1) is 46.2. The lowest BCUT2D eigenvalue weighted by Gasteiger charge is -2.22. The molecule has 0 aliphatic heterocycles. The van der Waals surface area contributed by atoms with Crippen LogP contribution in [0, 0.1) is 0 Å². The molecule has 0 radical (unpaired) electrons. The van der Waals surface area contributed by atoms with Gasteiger partial charge in [0.2, 0.25) is 0 Å². The molecule has 0 rings (SSSR count). The summed E-state index contributed by atoms with van der Waals surface area (Å²) in [6, 6.07) is 0. The van der Waals surface area contributed by atoms with Crippen LogP contribution in [-0.4, -0.2) is 64.8 Å². The van der Waals surface area contributed by atoms with Crippen LogP contribution in [0.15, 0.2) is 24.3 Å². The highest BCUT2D eigenvalue weighted by molar-refractivity contribution is 4.90. The number of allylic oxidation sites excluding steroid dienone is 2. The molecule has 47 heavy (non-hydrogen) atoms. The molecule has 0 spiro atoms. The van der Waals surface area contributed by atoms with Crippen molar-refractivity contribution in [3.8, 4) is 0 Å². The highest BCUT2D eigenvalue weighted by Crippen LogP contribution is 2.14. The van der Waals surface area contributed by atoms with E-state index in [-0.39, 0.29) is 12.6 Å². The van der Waals surface area contributed by atoms with Gasteiger partial charge in [-0.25, -0.2) is 0 Å². The Labute approximate surface area is 291 Å². The molecular formula is C40H78O7. The Morgan fingerprint density at radius 3 is 1.04 bits per heavy atom. The maximum atomic E-state index is 6.47. The molecule has 7 heteroatoms. The van der Waals surface area contributed by atoms with Crippen molar-refractivity contribution < 1.29 is 33.2 Å². The lowest BCUT2D eigenvalue weighted by Crippen LogP contribution is -2.25. The first-order valence-electron chi connectivity index (χ1n) is 19.8. The average molecular weight is 671 g/mol. The van der Waals surface area contributed by atoms with Gasteiger partial charge in [-0.15, -0.1) is 0 Å². The minimum atomic E-state index is -0.482. The number of hydrogen-bond acceptors (Lipinski definition) is 7. The first-order valence-corrected chi connectivity index (χ1v) is 19.8. The van der Waals surface area contributed by atoms with Gasteiger partial charge in [-0.2, -0.15) is 0 Å². The number of rotatable bonds is 38. The van der Waals surface area contributed by atoms with Crippen molar-refractivity contribution in [3.05, 3.63) is 24.3 Å². The van der Waals surface area contributed by atoms with Crippen LogP contribution in [0.2, 0.25) is 0 Å². The maximum Gasteiger partial charge on any atom is 0.180 e. The second-order valence-electron chi connectivity index (χ2n) is 12.5. The molecule has 0 amide bonds. The van der Waals surface area contributed by atoms with Gasteiger partial charge in [0.25, 0.3) is 0 Å². The molecule has 0 saturated carbocycles. The van der Waals surface area contributed by atoms with Crippen LogP contribution in [0.5, 0.6) is 0 Å². The van der Waals surface area contributed by atoms with E-state index in [0.717, 1.165) is 64.2 Å². The minimum absolute atomic E-state index is 0.175. The fourth-order valence-corrected chi connectivity index (χ4v) is 4.88. The Kier molecular flexibility index (Phi) is 37.4. The predicted molar refractivity (Wildman–Crippen MR) is 197 cm³/mol. The fraction of sp³-hybridized carbons (Fsp3) is 0.900. The zero-order valence-corrected chi connectivity index (χ0v) is 31.9. The first-order chi connectivity index (χ1) is 23.1. The van der Waals surface area contributed by atoms with Crippen LogP contribution in [0.25, 0.3) is 0 Å². The fourth-order valence-electron chi connectivity index (χ4n) is 4.88. The van der Waals surface area contributed by atoms with Crippen LogP contribution in [0.4, 0.5) is 0 Å². The van der Waals surface area contributed by atoms with Crippen molar-refractivity contribution in [2.45, 2.75) is 195 Å². The van der Waals surface area contributed by atoms with E-state index in [1.165, 1.54) is 64.2 Å². The summed E-state index contributed by atoms with van der Waals surface area (Å²) in [5.41, 5.74) is 0. The van der Waals surface area contributed by atoms with Crippen LogP contribution in [-0.2, 0) is 33.2 Å². The van der Waals surface area contributed by atoms with E-state index in [1.807, 2.05) is 12.2 Å². The van der Waals surface area contributed by atoms with Gasteiger partial charge in [0.15, 0.2) is 25.2 Å². The van der Waals surface area contributed by atoms with E-state index in [4.69, 9.17) is 33.2 Å². The average Bonchev–Trinajstić information content (AvgIpc) is 3.08. The summed E-state index contributed by atoms with van der Waals surface area (Å²) >= 11 is 0. The summed E-state index contributed by atoms with van der Waals surface area (Å²) in [7, 11) is 0. The second kappa shape index (κ2) is 38.0. The molecule has 2 unspecified atom stereocenters. The Bertz CT molecular complexity index is 586. The van der Waals surface area contributed by atoms with E-state index in [0.29, 0.717) is 39.6 Å². The predicted octanol–water partition coefficient (Wildman–Crippen LogP) is 11.4. The molecular weight excluding hydrogens is 592 g/mol. The molecule has 7 nitrogen and oxygen atoms in total. The quantitative estimate of drug-likeness (QED) is 0.0368. The second-order valence-corrected chi connectivity index (χ2v) is 12.5. The topological polar surface area (TPSA) is 64.6 Å². The van der Waals surface area contributed by atoms with E-state index < -0.39 is 12.6 Å². The van der Waals surface area contributed by atoms with Gasteiger partial charge in [-0.05, 0) is 63.5 Å². The molecule has 0 aromatic rings. The number of unbranched alkanes of at least 4 members (excludes halogenated alkanes) is 10. The van der Waals surface area contributed by atoms with Crippen molar-refractivity contribution in [2.24, 2.45) is 0 Å². The van der Waals surface area contributed by atoms with Gasteiger partial charge in [-0.1, -0.05) is 118 Å². The minimum Gasteiger partial charge on any atom is -0.353 e. The molecule has 0 heterocycles. The highest BCUT2D eigenvalue weighted by atomic mass is 16.8. The molecule has 0 fully saturated rings. The van der Waals surface area contributed by atoms with Crippen molar-refractivity contribution in [3.63, 3.8) is 0 Å². The standard InChI is InChI=1S/C40H78O7/c1-7-13-15-17-19-25-35-45-39(29-23-21-27-37(41-31-9-3)42-32-10-4)47-40(46-36-26-20-18-16-14-8-2)30-24-22-28-38(43-33-11-5)44-34-12-6/h23-24,29-30,37-40H,7-22,25-28,31-36H2,1-6H3. The van der Waals surface area contributed by atoms with Crippen LogP contribution in [0.1, 0.15) is 170 Å². The van der Waals surface area contributed by atoms with E-state index in [1.54, 1.807) is 0 Å². The van der Waals surface area contributed by atoms with Crippen molar-refractivity contribution >= 4 is 0 Å². The zero-order chi connectivity index (χ0) is 34.5. The van der Waals surface area contributed by atoms with Gasteiger partial charge in [0.05, 0.1) is 13.2 Å². The Balaban J connectivity index is 5.38. The molecule has 0 N–H and O–H groups in total. The Morgan fingerprint density at radius 2 is 0.702 bits per heavy atom. The van der Waals surface area contributed by atoms with Gasteiger partial charge in [-0.3, -0.25) is 0 Å². The lowest BCUT2D eigenvalue weighted by molar-refractivity contribution is -0.208. The lowest BCUT2D eigenvalue weighted by atomic mass is 10.1. The monoisotopic (exact) mass is 671 g/mol. The summed E-state index contributed by atoms with van der Waals surface area (Å²) in [6.45, 7) is 17.2. The smallest absolute Gasteiger partial charge is 0.180 e. The Hall–Kier alpha value is -0.800. The molecule has 0 aromatic heterocycles. The van der Waals surface area contributed by atoms with Crippen LogP contribution < -0.4 is 0 Å². The summed E-state index contributed by atoms with van der Waals surface area (Å²) in [4.78, 5) is 0. The zero-order valence-electron chi connectivity index (χ0n) is 31.9. The van der Waals surface area contributed by atoms with E-state index in [2.05, 4.69) is 53.7 Å². The molecule has 0 aromatic carbocycles. The number of ether oxygens (including phenoxy) is 7. The molecule has 2 atom stereocenters. The summed E-state index contributed by atoms with van der Waals surface area (Å²) < 4.78 is 42.7. The molecule has 0 aliphatic carbocycles. The van der Waals surface area contributed by atoms with Gasteiger partial charge in [0.1, 0.15) is 0 Å². The third-order valence-electron chi connectivity index (χ3n) is 7.58. The highest BCUT2D eigenvalue weighted by Gasteiger charge is 2.15. The van der Waals surface area contributed by atoms with E-state index in [9.17, 15) is 0 Å². The summed E-state index contributed by atoms with van der Waals surface area (Å²) in [5, 5.41) is 0. The summed E-state index contributed by atoms with van der Waals surface area (Å²) in [5.74, 6) is 0. The van der Waals surface area contributed by atoms with Gasteiger partial charge >= 0.3 is 0 Å². The van der Waals surface area contributed by atoms with Crippen molar-refractivity contribution in [1.82, 2.24) is 0 Å². The Morgan fingerprint density at radius 1 is 0.362 bits per heavy atom. The van der Waals surface area contributed by atoms with Crippen LogP contribution in [0.3, 0.4) is 0 Å². The van der Waals surface area contributed by atoms with Crippen molar-refractivity contribution in [1.29, 1.82) is 0 Å². The van der Waals surface area contributed by atoms with Gasteiger partial charge < -0.3 is 33.2 Å². The maximum absolute atomic E-state index is 6.47. The SMILES string of the molecule is CCCCCCCCOC(C=CCCC(OCCC)OCCC)OC(C=CCCC(OCCC)OCCC)OCCCCCCCC. The van der Waals surface area contributed by atoms with Gasteiger partial charge in [0, 0.05) is 39.3 Å². The third kappa shape index (κ3) is 32.2. The van der Waals surface area contributed by atoms with Crippen molar-refractivity contribution in [2.75, 3.05) is 39.6 Å². The molecule has 0 aliphatic rings. The summed E-state index contributed by atoms with van der Waals surface area (Å²) in [6.07, 6.45) is 28.9. The largest absolute Gasteiger partial charge is 0.353 e. The normalized spacial score (nSPS) is 13.6. The third-order valence-corrected chi connectivity index (χ3v) is 7.58.